The fourth-order valence-corrected chi connectivity index (χ4v) is 5.10. The molecule has 0 saturated carbocycles. The van der Waals surface area contributed by atoms with Crippen LogP contribution in [0.4, 0.5) is 5.69 Å². The average Bonchev–Trinajstić information content (AvgIpc) is 3.28. The maximum absolute atomic E-state index is 13.1. The van der Waals surface area contributed by atoms with Crippen molar-refractivity contribution in [2.75, 3.05) is 42.7 Å². The molecule has 2 heterocycles. The molecule has 2 fully saturated rings. The maximum Gasteiger partial charge on any atom is 0.247 e. The van der Waals surface area contributed by atoms with Gasteiger partial charge in [0.2, 0.25) is 11.8 Å². The lowest BCUT2D eigenvalue weighted by Gasteiger charge is -2.38. The molecule has 0 N–H and O–H groups in total. The molecule has 5 nitrogen and oxygen atoms in total. The molecule has 30 heavy (non-hydrogen) atoms. The molecule has 0 radical (unpaired) electrons. The smallest absolute Gasteiger partial charge is 0.247 e. The van der Waals surface area contributed by atoms with E-state index in [-0.39, 0.29) is 17.9 Å². The summed E-state index contributed by atoms with van der Waals surface area (Å²) < 4.78 is 0. The quantitative estimate of drug-likeness (QED) is 0.680. The predicted molar refractivity (Wildman–Crippen MR) is 124 cm³/mol. The van der Waals surface area contributed by atoms with Crippen LogP contribution < -0.4 is 4.90 Å². The van der Waals surface area contributed by atoms with Crippen molar-refractivity contribution in [2.24, 2.45) is 0 Å². The molecule has 4 rings (SSSR count). The second kappa shape index (κ2) is 9.58. The van der Waals surface area contributed by atoms with Crippen LogP contribution in [-0.4, -0.2) is 65.5 Å². The Hall–Kier alpha value is -2.44. The van der Waals surface area contributed by atoms with Gasteiger partial charge < -0.3 is 14.7 Å². The fourth-order valence-electron chi connectivity index (χ4n) is 3.76. The van der Waals surface area contributed by atoms with Crippen LogP contribution in [0, 0.1) is 0 Å². The van der Waals surface area contributed by atoms with Gasteiger partial charge in [0.1, 0.15) is 6.04 Å². The molecular formula is C23H24ClN3O2S. The highest BCUT2D eigenvalue weighted by Crippen LogP contribution is 2.25. The third kappa shape index (κ3) is 4.82. The van der Waals surface area contributed by atoms with E-state index in [1.807, 2.05) is 59.5 Å². The summed E-state index contributed by atoms with van der Waals surface area (Å²) in [6, 6.07) is 17.1. The minimum atomic E-state index is -0.388. The Bertz CT molecular complexity index is 929. The number of anilines is 1. The molecule has 156 valence electrons. The molecule has 2 aromatic carbocycles. The first-order valence-electron chi connectivity index (χ1n) is 10.0. The number of amides is 2. The van der Waals surface area contributed by atoms with E-state index >= 15 is 0 Å². The third-order valence-corrected chi connectivity index (χ3v) is 6.68. The summed E-state index contributed by atoms with van der Waals surface area (Å²) >= 11 is 7.73. The summed E-state index contributed by atoms with van der Waals surface area (Å²) in [5.41, 5.74) is 2.05. The second-order valence-corrected chi connectivity index (χ2v) is 8.80. The highest BCUT2D eigenvalue weighted by molar-refractivity contribution is 7.99. The van der Waals surface area contributed by atoms with E-state index < -0.39 is 0 Å². The molecule has 0 aliphatic carbocycles. The van der Waals surface area contributed by atoms with Gasteiger partial charge in [-0.25, -0.2) is 0 Å². The lowest BCUT2D eigenvalue weighted by molar-refractivity contribution is -0.141. The Labute approximate surface area is 186 Å². The van der Waals surface area contributed by atoms with Crippen molar-refractivity contribution in [2.45, 2.75) is 6.04 Å². The summed E-state index contributed by atoms with van der Waals surface area (Å²) in [7, 11) is 0. The van der Waals surface area contributed by atoms with E-state index in [1.54, 1.807) is 28.8 Å². The number of carbonyl (C=O) groups excluding carboxylic acids is 2. The van der Waals surface area contributed by atoms with Crippen LogP contribution in [0.3, 0.4) is 0 Å². The zero-order valence-corrected chi connectivity index (χ0v) is 18.2. The molecule has 2 aromatic rings. The Kier molecular flexibility index (Phi) is 6.65. The van der Waals surface area contributed by atoms with Crippen molar-refractivity contribution in [3.8, 4) is 0 Å². The number of rotatable bonds is 4. The lowest BCUT2D eigenvalue weighted by Crippen LogP contribution is -2.55. The number of thioether (sulfide) groups is 1. The van der Waals surface area contributed by atoms with Gasteiger partial charge in [0, 0.05) is 48.7 Å². The van der Waals surface area contributed by atoms with Crippen LogP contribution in [-0.2, 0) is 9.59 Å². The van der Waals surface area contributed by atoms with Gasteiger partial charge in [-0.3, -0.25) is 9.59 Å². The fraction of sp³-hybridized carbons (Fsp3) is 0.304. The van der Waals surface area contributed by atoms with Crippen LogP contribution >= 0.6 is 23.4 Å². The summed E-state index contributed by atoms with van der Waals surface area (Å²) in [6.45, 7) is 2.81. The summed E-state index contributed by atoms with van der Waals surface area (Å²) in [6.07, 6.45) is 3.37. The number of halogens is 1. The molecule has 0 spiro atoms. The van der Waals surface area contributed by atoms with Crippen molar-refractivity contribution in [3.63, 3.8) is 0 Å². The SMILES string of the molecule is O=C(C1CSCN1C(=O)C=Cc1ccccc1)N1CCN(c2cccc(Cl)c2)CC1. The molecule has 2 aliphatic heterocycles. The van der Waals surface area contributed by atoms with Gasteiger partial charge in [0.15, 0.2) is 0 Å². The van der Waals surface area contributed by atoms with Gasteiger partial charge in [-0.05, 0) is 29.8 Å². The standard InChI is InChI=1S/C23H24ClN3O2S/c24-19-7-4-8-20(15-19)25-11-13-26(14-12-25)23(29)21-16-30-17-27(21)22(28)10-9-18-5-2-1-3-6-18/h1-10,15,21H,11-14,16-17H2. The van der Waals surface area contributed by atoms with Crippen LogP contribution in [0.5, 0.6) is 0 Å². The number of hydrogen-bond donors (Lipinski definition) is 0. The Morgan fingerprint density at radius 1 is 1.00 bits per heavy atom. The van der Waals surface area contributed by atoms with Crippen molar-refractivity contribution >= 4 is 46.9 Å². The largest absolute Gasteiger partial charge is 0.368 e. The lowest BCUT2D eigenvalue weighted by atomic mass is 10.2. The average molecular weight is 442 g/mol. The number of benzene rings is 2. The van der Waals surface area contributed by atoms with E-state index in [2.05, 4.69) is 4.90 Å². The maximum atomic E-state index is 13.1. The van der Waals surface area contributed by atoms with Gasteiger partial charge in [0.05, 0.1) is 5.88 Å². The molecule has 2 aliphatic rings. The van der Waals surface area contributed by atoms with E-state index in [1.165, 1.54) is 0 Å². The van der Waals surface area contributed by atoms with Crippen LogP contribution in [0.2, 0.25) is 5.02 Å². The zero-order chi connectivity index (χ0) is 20.9. The highest BCUT2D eigenvalue weighted by atomic mass is 35.5. The number of hydrogen-bond acceptors (Lipinski definition) is 4. The van der Waals surface area contributed by atoms with Gasteiger partial charge in [0.25, 0.3) is 0 Å². The van der Waals surface area contributed by atoms with E-state index in [9.17, 15) is 9.59 Å². The van der Waals surface area contributed by atoms with Crippen LogP contribution in [0.1, 0.15) is 5.56 Å². The molecule has 2 amide bonds. The minimum Gasteiger partial charge on any atom is -0.368 e. The first kappa shape index (κ1) is 20.8. The summed E-state index contributed by atoms with van der Waals surface area (Å²) in [4.78, 5) is 31.7. The Balaban J connectivity index is 1.36. The van der Waals surface area contributed by atoms with Crippen LogP contribution in [0.15, 0.2) is 60.7 Å². The van der Waals surface area contributed by atoms with Gasteiger partial charge in [-0.15, -0.1) is 11.8 Å². The topological polar surface area (TPSA) is 43.9 Å². The van der Waals surface area contributed by atoms with E-state index in [0.717, 1.165) is 24.3 Å². The van der Waals surface area contributed by atoms with Gasteiger partial charge >= 0.3 is 0 Å². The summed E-state index contributed by atoms with van der Waals surface area (Å²) in [5, 5.41) is 0.715. The molecule has 7 heteroatoms. The van der Waals surface area contributed by atoms with Gasteiger partial charge in [-0.1, -0.05) is 48.0 Å². The monoisotopic (exact) mass is 441 g/mol. The molecule has 1 atom stereocenters. The van der Waals surface area contributed by atoms with Crippen molar-refractivity contribution in [1.82, 2.24) is 9.80 Å². The predicted octanol–water partition coefficient (Wildman–Crippen LogP) is 3.60. The molecular weight excluding hydrogens is 418 g/mol. The minimum absolute atomic E-state index is 0.0483. The molecule has 0 aromatic heterocycles. The number of piperazine rings is 1. The first-order valence-corrected chi connectivity index (χ1v) is 11.6. The first-order chi connectivity index (χ1) is 14.6. The number of carbonyl (C=O) groups is 2. The second-order valence-electron chi connectivity index (χ2n) is 7.36. The zero-order valence-electron chi connectivity index (χ0n) is 16.6. The van der Waals surface area contributed by atoms with E-state index in [0.29, 0.717) is 29.7 Å². The Morgan fingerprint density at radius 2 is 1.77 bits per heavy atom. The number of nitrogens with zero attached hydrogens (tertiary/aromatic N) is 3. The molecule has 0 bridgehead atoms. The van der Waals surface area contributed by atoms with Crippen LogP contribution in [0.25, 0.3) is 6.08 Å². The van der Waals surface area contributed by atoms with Gasteiger partial charge in [-0.2, -0.15) is 0 Å². The summed E-state index contributed by atoms with van der Waals surface area (Å²) in [5.74, 6) is 1.14. The third-order valence-electron chi connectivity index (χ3n) is 5.43. The van der Waals surface area contributed by atoms with Crippen molar-refractivity contribution < 1.29 is 9.59 Å². The van der Waals surface area contributed by atoms with Crippen molar-refractivity contribution in [1.29, 1.82) is 0 Å². The van der Waals surface area contributed by atoms with Crippen molar-refractivity contribution in [3.05, 3.63) is 71.3 Å². The highest BCUT2D eigenvalue weighted by Gasteiger charge is 2.37. The Morgan fingerprint density at radius 3 is 2.50 bits per heavy atom. The normalized spacial score (nSPS) is 19.5. The molecule has 1 unspecified atom stereocenters. The molecule has 2 saturated heterocycles. The van der Waals surface area contributed by atoms with E-state index in [4.69, 9.17) is 11.6 Å².